The van der Waals surface area contributed by atoms with Gasteiger partial charge in [-0.05, 0) is 36.1 Å². The molecule has 0 unspecified atom stereocenters. The smallest absolute Gasteiger partial charge is 0.340 e. The Hall–Kier alpha value is -2.55. The molecule has 2 heterocycles. The second kappa shape index (κ2) is 5.02. The molecular weight excluding hydrogens is 274 g/mol. The van der Waals surface area contributed by atoms with Crippen LogP contribution in [0.1, 0.15) is 22.5 Å². The molecule has 0 fully saturated rings. The fraction of sp³-hybridized carbons (Fsp3) is 0.211. The monoisotopic (exact) mass is 291 g/mol. The summed E-state index contributed by atoms with van der Waals surface area (Å²) in [5, 5.41) is 1.00. The van der Waals surface area contributed by atoms with Crippen LogP contribution in [0.4, 0.5) is 0 Å². The van der Waals surface area contributed by atoms with Gasteiger partial charge in [-0.2, -0.15) is 0 Å². The Balaban J connectivity index is 1.98. The fourth-order valence-corrected chi connectivity index (χ4v) is 3.47. The molecule has 3 aromatic rings. The number of carbonyl (C=O) groups excluding carboxylic acids is 1. The second-order valence-corrected chi connectivity index (χ2v) is 5.67. The Morgan fingerprint density at radius 3 is 2.68 bits per heavy atom. The van der Waals surface area contributed by atoms with Crippen LogP contribution in [0.3, 0.4) is 0 Å². The van der Waals surface area contributed by atoms with Crippen LogP contribution >= 0.6 is 0 Å². The van der Waals surface area contributed by atoms with Gasteiger partial charge in [-0.1, -0.05) is 36.4 Å². The molecule has 0 radical (unpaired) electrons. The van der Waals surface area contributed by atoms with Gasteiger partial charge in [0.1, 0.15) is 0 Å². The van der Waals surface area contributed by atoms with Gasteiger partial charge in [0.25, 0.3) is 0 Å². The third-order valence-electron chi connectivity index (χ3n) is 4.46. The maximum atomic E-state index is 12.3. The molecule has 0 spiro atoms. The Kier molecular flexibility index (Phi) is 3.00. The van der Waals surface area contributed by atoms with E-state index < -0.39 is 0 Å². The van der Waals surface area contributed by atoms with Gasteiger partial charge in [-0.3, -0.25) is 0 Å². The van der Waals surface area contributed by atoms with Crippen LogP contribution in [0.5, 0.6) is 0 Å². The van der Waals surface area contributed by atoms with E-state index in [9.17, 15) is 4.79 Å². The number of ether oxygens (including phenoxy) is 1. The number of nitrogens with zero attached hydrogens (tertiary/aromatic N) is 1. The van der Waals surface area contributed by atoms with Crippen molar-refractivity contribution < 1.29 is 9.53 Å². The first-order valence-corrected chi connectivity index (χ1v) is 7.58. The molecule has 3 heteroatoms. The van der Waals surface area contributed by atoms with Crippen LogP contribution in [0.2, 0.25) is 0 Å². The van der Waals surface area contributed by atoms with E-state index in [1.54, 1.807) is 0 Å². The lowest BCUT2D eigenvalue weighted by molar-refractivity contribution is 0.0602. The highest BCUT2D eigenvalue weighted by Crippen LogP contribution is 2.34. The maximum absolute atomic E-state index is 12.3. The summed E-state index contributed by atoms with van der Waals surface area (Å²) in [5.74, 6) is -0.231. The molecule has 0 saturated heterocycles. The minimum atomic E-state index is -0.231. The van der Waals surface area contributed by atoms with E-state index in [4.69, 9.17) is 4.74 Å². The first-order valence-electron chi connectivity index (χ1n) is 7.58. The first kappa shape index (κ1) is 13.1. The Morgan fingerprint density at radius 1 is 1.09 bits per heavy atom. The summed E-state index contributed by atoms with van der Waals surface area (Å²) >= 11 is 0. The van der Waals surface area contributed by atoms with Crippen LogP contribution in [0.25, 0.3) is 22.0 Å². The fourth-order valence-electron chi connectivity index (χ4n) is 3.47. The summed E-state index contributed by atoms with van der Waals surface area (Å²) < 4.78 is 7.28. The molecular formula is C19H17NO2. The van der Waals surface area contributed by atoms with Crippen LogP contribution in [-0.4, -0.2) is 17.6 Å². The average Bonchev–Trinajstić information content (AvgIpc) is 3.14. The SMILES string of the molecule is COC(=O)c1c2n(c3ccc(-c4ccccc4)cc13)CCC2. The van der Waals surface area contributed by atoms with Crippen LogP contribution < -0.4 is 0 Å². The number of fused-ring (bicyclic) bond motifs is 3. The lowest BCUT2D eigenvalue weighted by atomic mass is 10.0. The van der Waals surface area contributed by atoms with Crippen molar-refractivity contribution in [1.82, 2.24) is 4.57 Å². The normalized spacial score (nSPS) is 13.3. The number of aromatic nitrogens is 1. The van der Waals surface area contributed by atoms with Gasteiger partial charge in [-0.15, -0.1) is 0 Å². The molecule has 0 atom stereocenters. The number of hydrogen-bond donors (Lipinski definition) is 0. The van der Waals surface area contributed by atoms with Crippen molar-refractivity contribution in [2.45, 2.75) is 19.4 Å². The Labute approximate surface area is 129 Å². The predicted octanol–water partition coefficient (Wildman–Crippen LogP) is 4.04. The van der Waals surface area contributed by atoms with Gasteiger partial charge in [-0.25, -0.2) is 4.79 Å². The van der Waals surface area contributed by atoms with Gasteiger partial charge >= 0.3 is 5.97 Å². The lowest BCUT2D eigenvalue weighted by Gasteiger charge is -2.04. The zero-order valence-corrected chi connectivity index (χ0v) is 12.5. The highest BCUT2D eigenvalue weighted by atomic mass is 16.5. The zero-order valence-electron chi connectivity index (χ0n) is 12.5. The van der Waals surface area contributed by atoms with Crippen molar-refractivity contribution >= 4 is 16.9 Å². The van der Waals surface area contributed by atoms with Crippen molar-refractivity contribution in [3.05, 3.63) is 59.8 Å². The summed E-state index contributed by atoms with van der Waals surface area (Å²) in [6.45, 7) is 0.980. The Morgan fingerprint density at radius 2 is 1.91 bits per heavy atom. The molecule has 110 valence electrons. The summed E-state index contributed by atoms with van der Waals surface area (Å²) in [6.07, 6.45) is 2.04. The molecule has 0 amide bonds. The molecule has 4 rings (SSSR count). The van der Waals surface area contributed by atoms with E-state index in [0.717, 1.165) is 52.7 Å². The van der Waals surface area contributed by atoms with Gasteiger partial charge in [0.05, 0.1) is 12.7 Å². The van der Waals surface area contributed by atoms with Crippen molar-refractivity contribution in [3.8, 4) is 11.1 Å². The maximum Gasteiger partial charge on any atom is 0.340 e. The molecule has 22 heavy (non-hydrogen) atoms. The number of hydrogen-bond acceptors (Lipinski definition) is 2. The molecule has 0 saturated carbocycles. The van der Waals surface area contributed by atoms with E-state index in [1.165, 1.54) is 7.11 Å². The topological polar surface area (TPSA) is 31.2 Å². The van der Waals surface area contributed by atoms with Gasteiger partial charge < -0.3 is 9.30 Å². The molecule has 0 N–H and O–H groups in total. The average molecular weight is 291 g/mol. The quantitative estimate of drug-likeness (QED) is 0.667. The summed E-state index contributed by atoms with van der Waals surface area (Å²) in [7, 11) is 1.45. The third kappa shape index (κ3) is 1.86. The molecule has 2 aromatic carbocycles. The van der Waals surface area contributed by atoms with Crippen molar-refractivity contribution in [1.29, 1.82) is 0 Å². The molecule has 0 bridgehead atoms. The second-order valence-electron chi connectivity index (χ2n) is 5.67. The van der Waals surface area contributed by atoms with Gasteiger partial charge in [0, 0.05) is 23.1 Å². The van der Waals surface area contributed by atoms with Crippen LogP contribution in [-0.2, 0) is 17.7 Å². The van der Waals surface area contributed by atoms with Crippen LogP contribution in [0, 0.1) is 0 Å². The van der Waals surface area contributed by atoms with Gasteiger partial charge in [0.2, 0.25) is 0 Å². The minimum Gasteiger partial charge on any atom is -0.465 e. The summed E-state index contributed by atoms with van der Waals surface area (Å²) in [6, 6.07) is 16.6. The number of methoxy groups -OCH3 is 1. The molecule has 1 aliphatic heterocycles. The molecule has 0 aliphatic carbocycles. The number of esters is 1. The predicted molar refractivity (Wildman–Crippen MR) is 87.0 cm³/mol. The van der Waals surface area contributed by atoms with E-state index in [1.807, 2.05) is 18.2 Å². The van der Waals surface area contributed by atoms with E-state index in [-0.39, 0.29) is 5.97 Å². The number of rotatable bonds is 2. The van der Waals surface area contributed by atoms with Crippen molar-refractivity contribution in [3.63, 3.8) is 0 Å². The molecule has 3 nitrogen and oxygen atoms in total. The first-order chi connectivity index (χ1) is 10.8. The third-order valence-corrected chi connectivity index (χ3v) is 4.46. The van der Waals surface area contributed by atoms with Crippen molar-refractivity contribution in [2.75, 3.05) is 7.11 Å². The van der Waals surface area contributed by atoms with E-state index >= 15 is 0 Å². The molecule has 1 aliphatic rings. The largest absolute Gasteiger partial charge is 0.465 e. The molecule has 1 aromatic heterocycles. The summed E-state index contributed by atoms with van der Waals surface area (Å²) in [5.41, 5.74) is 5.28. The standard InChI is InChI=1S/C19H17NO2/c1-22-19(21)18-15-12-14(13-6-3-2-4-7-13)9-10-16(15)20-11-5-8-17(18)20/h2-4,6-7,9-10,12H,5,8,11H2,1H3. The van der Waals surface area contributed by atoms with Crippen LogP contribution in [0.15, 0.2) is 48.5 Å². The highest BCUT2D eigenvalue weighted by molar-refractivity contribution is 6.07. The Bertz CT molecular complexity index is 862. The zero-order chi connectivity index (χ0) is 15.1. The number of carbonyl (C=O) groups is 1. The van der Waals surface area contributed by atoms with E-state index in [2.05, 4.69) is 34.9 Å². The lowest BCUT2D eigenvalue weighted by Crippen LogP contribution is -2.04. The van der Waals surface area contributed by atoms with E-state index in [0.29, 0.717) is 0 Å². The number of benzene rings is 2. The summed E-state index contributed by atoms with van der Waals surface area (Å²) in [4.78, 5) is 12.3. The highest BCUT2D eigenvalue weighted by Gasteiger charge is 2.26. The number of aryl methyl sites for hydroxylation is 1. The van der Waals surface area contributed by atoms with Gasteiger partial charge in [0.15, 0.2) is 0 Å². The minimum absolute atomic E-state index is 0.231. The van der Waals surface area contributed by atoms with Crippen molar-refractivity contribution in [2.24, 2.45) is 0 Å².